The van der Waals surface area contributed by atoms with Crippen molar-refractivity contribution in [2.45, 2.75) is 0 Å². The van der Waals surface area contributed by atoms with Gasteiger partial charge in [-0.3, -0.25) is 9.78 Å². The SMILES string of the molecule is C=CCNc1ccnc(C(=O)Nc2cc(Cl)ccc2OC)c1. The Kier molecular flexibility index (Phi) is 5.38. The third kappa shape index (κ3) is 3.99. The molecule has 0 saturated carbocycles. The summed E-state index contributed by atoms with van der Waals surface area (Å²) in [6.45, 7) is 4.24. The minimum atomic E-state index is -0.345. The maximum Gasteiger partial charge on any atom is 0.274 e. The molecule has 0 unspecified atom stereocenters. The van der Waals surface area contributed by atoms with Crippen LogP contribution in [0.2, 0.25) is 5.02 Å². The lowest BCUT2D eigenvalue weighted by Gasteiger charge is -2.11. The lowest BCUT2D eigenvalue weighted by atomic mass is 10.2. The first-order valence-corrected chi connectivity index (χ1v) is 6.97. The van der Waals surface area contributed by atoms with Crippen molar-refractivity contribution in [2.24, 2.45) is 0 Å². The number of aromatic nitrogens is 1. The van der Waals surface area contributed by atoms with E-state index in [1.54, 1.807) is 42.6 Å². The van der Waals surface area contributed by atoms with E-state index in [1.165, 1.54) is 7.11 Å². The number of ether oxygens (including phenoxy) is 1. The number of pyridine rings is 1. The Bertz CT molecular complexity index is 689. The molecule has 114 valence electrons. The summed E-state index contributed by atoms with van der Waals surface area (Å²) in [5.74, 6) is 0.182. The highest BCUT2D eigenvalue weighted by Crippen LogP contribution is 2.28. The normalized spacial score (nSPS) is 9.91. The summed E-state index contributed by atoms with van der Waals surface area (Å²) in [6.07, 6.45) is 3.30. The first-order chi connectivity index (χ1) is 10.6. The van der Waals surface area contributed by atoms with Gasteiger partial charge in [-0.1, -0.05) is 17.7 Å². The Morgan fingerprint density at radius 1 is 1.41 bits per heavy atom. The number of hydrogen-bond acceptors (Lipinski definition) is 4. The first kappa shape index (κ1) is 15.9. The van der Waals surface area contributed by atoms with Crippen LogP contribution in [0.15, 0.2) is 49.2 Å². The molecule has 0 atom stereocenters. The zero-order valence-electron chi connectivity index (χ0n) is 12.1. The molecule has 0 aliphatic rings. The summed E-state index contributed by atoms with van der Waals surface area (Å²) in [5, 5.41) is 6.35. The van der Waals surface area contributed by atoms with Gasteiger partial charge in [0, 0.05) is 23.5 Å². The van der Waals surface area contributed by atoms with Crippen LogP contribution in [-0.4, -0.2) is 24.5 Å². The minimum Gasteiger partial charge on any atom is -0.495 e. The Balaban J connectivity index is 2.18. The quantitative estimate of drug-likeness (QED) is 0.799. The van der Waals surface area contributed by atoms with Crippen molar-refractivity contribution in [1.29, 1.82) is 0 Å². The molecule has 6 heteroatoms. The predicted octanol–water partition coefficient (Wildman–Crippen LogP) is 3.59. The van der Waals surface area contributed by atoms with Crippen LogP contribution >= 0.6 is 11.6 Å². The van der Waals surface area contributed by atoms with Crippen LogP contribution in [0.1, 0.15) is 10.5 Å². The molecule has 2 N–H and O–H groups in total. The van der Waals surface area contributed by atoms with Gasteiger partial charge in [-0.2, -0.15) is 0 Å². The highest BCUT2D eigenvalue weighted by Gasteiger charge is 2.12. The number of benzene rings is 1. The third-order valence-corrected chi connectivity index (χ3v) is 3.09. The van der Waals surface area contributed by atoms with Crippen molar-refractivity contribution in [3.63, 3.8) is 0 Å². The van der Waals surface area contributed by atoms with Crippen LogP contribution in [0.5, 0.6) is 5.75 Å². The number of methoxy groups -OCH3 is 1. The Hall–Kier alpha value is -2.53. The summed E-state index contributed by atoms with van der Waals surface area (Å²) >= 11 is 5.94. The van der Waals surface area contributed by atoms with Gasteiger partial charge in [-0.05, 0) is 30.3 Å². The zero-order valence-corrected chi connectivity index (χ0v) is 12.9. The largest absolute Gasteiger partial charge is 0.495 e. The van der Waals surface area contributed by atoms with E-state index < -0.39 is 0 Å². The van der Waals surface area contributed by atoms with Crippen LogP contribution < -0.4 is 15.4 Å². The van der Waals surface area contributed by atoms with E-state index in [0.29, 0.717) is 23.0 Å². The number of hydrogen-bond donors (Lipinski definition) is 2. The fourth-order valence-electron chi connectivity index (χ4n) is 1.82. The molecule has 0 aliphatic heterocycles. The average molecular weight is 318 g/mol. The van der Waals surface area contributed by atoms with E-state index >= 15 is 0 Å². The van der Waals surface area contributed by atoms with E-state index in [1.807, 2.05) is 0 Å². The number of halogens is 1. The molecule has 0 spiro atoms. The summed E-state index contributed by atoms with van der Waals surface area (Å²) in [6, 6.07) is 8.44. The molecule has 1 amide bonds. The van der Waals surface area contributed by atoms with E-state index in [-0.39, 0.29) is 11.6 Å². The molecule has 1 heterocycles. The lowest BCUT2D eigenvalue weighted by Crippen LogP contribution is -2.14. The average Bonchev–Trinajstić information content (AvgIpc) is 2.53. The fraction of sp³-hybridized carbons (Fsp3) is 0.125. The highest BCUT2D eigenvalue weighted by molar-refractivity contribution is 6.31. The molecule has 2 aromatic rings. The fourth-order valence-corrected chi connectivity index (χ4v) is 1.99. The number of nitrogens with one attached hydrogen (secondary N) is 2. The van der Waals surface area contributed by atoms with Crippen molar-refractivity contribution in [3.05, 3.63) is 59.9 Å². The molecule has 2 rings (SSSR count). The van der Waals surface area contributed by atoms with Crippen LogP contribution in [0.4, 0.5) is 11.4 Å². The predicted molar refractivity (Wildman–Crippen MR) is 88.9 cm³/mol. The van der Waals surface area contributed by atoms with Crippen LogP contribution in [0, 0.1) is 0 Å². The van der Waals surface area contributed by atoms with Gasteiger partial charge in [0.1, 0.15) is 11.4 Å². The van der Waals surface area contributed by atoms with E-state index in [4.69, 9.17) is 16.3 Å². The highest BCUT2D eigenvalue weighted by atomic mass is 35.5. The minimum absolute atomic E-state index is 0.288. The van der Waals surface area contributed by atoms with E-state index in [2.05, 4.69) is 22.2 Å². The lowest BCUT2D eigenvalue weighted by molar-refractivity contribution is 0.102. The van der Waals surface area contributed by atoms with Crippen LogP contribution in [0.3, 0.4) is 0 Å². The molecule has 1 aromatic heterocycles. The number of amides is 1. The Morgan fingerprint density at radius 3 is 2.95 bits per heavy atom. The molecule has 22 heavy (non-hydrogen) atoms. The molecule has 5 nitrogen and oxygen atoms in total. The Labute approximate surface area is 134 Å². The molecule has 0 aliphatic carbocycles. The van der Waals surface area contributed by atoms with Crippen molar-refractivity contribution < 1.29 is 9.53 Å². The van der Waals surface area contributed by atoms with E-state index in [0.717, 1.165) is 5.69 Å². The number of anilines is 2. The smallest absolute Gasteiger partial charge is 0.274 e. The summed E-state index contributed by atoms with van der Waals surface area (Å²) in [4.78, 5) is 16.4. The first-order valence-electron chi connectivity index (χ1n) is 6.59. The van der Waals surface area contributed by atoms with Gasteiger partial charge in [0.05, 0.1) is 12.8 Å². The van der Waals surface area contributed by atoms with Crippen LogP contribution in [-0.2, 0) is 0 Å². The monoisotopic (exact) mass is 317 g/mol. The molecule has 0 saturated heterocycles. The number of nitrogens with zero attached hydrogens (tertiary/aromatic N) is 1. The van der Waals surface area contributed by atoms with Gasteiger partial charge in [0.15, 0.2) is 0 Å². The van der Waals surface area contributed by atoms with Crippen molar-refractivity contribution in [1.82, 2.24) is 4.98 Å². The molecule has 0 fully saturated rings. The summed E-state index contributed by atoms with van der Waals surface area (Å²) in [5.41, 5.74) is 1.57. The standard InChI is InChI=1S/C16H16ClN3O2/c1-3-7-18-12-6-8-19-14(10-12)16(21)20-13-9-11(17)4-5-15(13)22-2/h3-6,8-10H,1,7H2,2H3,(H,18,19)(H,20,21). The molecular formula is C16H16ClN3O2. The second-order valence-electron chi connectivity index (χ2n) is 4.40. The van der Waals surface area contributed by atoms with Crippen molar-refractivity contribution in [2.75, 3.05) is 24.3 Å². The maximum absolute atomic E-state index is 12.3. The molecule has 1 aromatic carbocycles. The number of carbonyl (C=O) groups excluding carboxylic acids is 1. The Morgan fingerprint density at radius 2 is 2.23 bits per heavy atom. The maximum atomic E-state index is 12.3. The number of rotatable bonds is 6. The van der Waals surface area contributed by atoms with Gasteiger partial charge in [0.2, 0.25) is 0 Å². The molecular weight excluding hydrogens is 302 g/mol. The topological polar surface area (TPSA) is 63.2 Å². The second kappa shape index (κ2) is 7.47. The van der Waals surface area contributed by atoms with Gasteiger partial charge in [0.25, 0.3) is 5.91 Å². The van der Waals surface area contributed by atoms with Gasteiger partial charge in [-0.15, -0.1) is 6.58 Å². The zero-order chi connectivity index (χ0) is 15.9. The van der Waals surface area contributed by atoms with Gasteiger partial charge < -0.3 is 15.4 Å². The van der Waals surface area contributed by atoms with Crippen molar-refractivity contribution >= 4 is 28.9 Å². The second-order valence-corrected chi connectivity index (χ2v) is 4.83. The third-order valence-electron chi connectivity index (χ3n) is 2.85. The number of carbonyl (C=O) groups is 1. The van der Waals surface area contributed by atoms with Crippen LogP contribution in [0.25, 0.3) is 0 Å². The molecule has 0 radical (unpaired) electrons. The van der Waals surface area contributed by atoms with Crippen molar-refractivity contribution in [3.8, 4) is 5.75 Å². The van der Waals surface area contributed by atoms with Gasteiger partial charge >= 0.3 is 0 Å². The summed E-state index contributed by atoms with van der Waals surface area (Å²) < 4.78 is 5.20. The van der Waals surface area contributed by atoms with Gasteiger partial charge in [-0.25, -0.2) is 0 Å². The molecule has 0 bridgehead atoms. The van der Waals surface area contributed by atoms with E-state index in [9.17, 15) is 4.79 Å². The summed E-state index contributed by atoms with van der Waals surface area (Å²) in [7, 11) is 1.52.